The second-order valence-electron chi connectivity index (χ2n) is 8.45. The number of hydrogen-bond donors (Lipinski definition) is 0. The number of thioether (sulfide) groups is 1. The topological polar surface area (TPSA) is 78.2 Å². The minimum Gasteiger partial charge on any atom is -0.441 e. The van der Waals surface area contributed by atoms with E-state index in [9.17, 15) is 4.79 Å². The van der Waals surface area contributed by atoms with Gasteiger partial charge < -0.3 is 4.42 Å². The molecule has 5 aromatic rings. The van der Waals surface area contributed by atoms with Crippen LogP contribution in [0.2, 0.25) is 0 Å². The summed E-state index contributed by atoms with van der Waals surface area (Å²) in [5.41, 5.74) is 2.60. The zero-order valence-electron chi connectivity index (χ0n) is 18.9. The average molecular weight is 460 g/mol. The van der Waals surface area contributed by atoms with E-state index in [0.717, 1.165) is 34.1 Å². The summed E-state index contributed by atoms with van der Waals surface area (Å²) < 4.78 is 9.63. The van der Waals surface area contributed by atoms with Crippen LogP contribution < -0.4 is 5.56 Å². The van der Waals surface area contributed by atoms with Crippen molar-refractivity contribution in [3.05, 3.63) is 76.4 Å². The number of rotatable bonds is 7. The summed E-state index contributed by atoms with van der Waals surface area (Å²) in [5.74, 6) is 3.04. The summed E-state index contributed by atoms with van der Waals surface area (Å²) in [6.07, 6.45) is 0.893. The van der Waals surface area contributed by atoms with Crippen molar-refractivity contribution in [1.82, 2.24) is 24.1 Å². The molecule has 0 bridgehead atoms. The summed E-state index contributed by atoms with van der Waals surface area (Å²) in [7, 11) is 0. The monoisotopic (exact) mass is 459 g/mol. The van der Waals surface area contributed by atoms with Crippen LogP contribution in [0.1, 0.15) is 31.7 Å². The van der Waals surface area contributed by atoms with E-state index in [2.05, 4.69) is 24.0 Å². The summed E-state index contributed by atoms with van der Waals surface area (Å²) >= 11 is 1.54. The van der Waals surface area contributed by atoms with Crippen LogP contribution in [0, 0.1) is 12.8 Å². The molecule has 0 N–H and O–H groups in total. The predicted octanol–water partition coefficient (Wildman–Crippen LogP) is 5.35. The van der Waals surface area contributed by atoms with Gasteiger partial charge in [-0.3, -0.25) is 13.8 Å². The first-order valence-electron chi connectivity index (χ1n) is 11.0. The van der Waals surface area contributed by atoms with Crippen LogP contribution >= 0.6 is 11.8 Å². The van der Waals surface area contributed by atoms with Gasteiger partial charge in [0.2, 0.25) is 11.7 Å². The van der Waals surface area contributed by atoms with Gasteiger partial charge in [-0.2, -0.15) is 0 Å². The molecule has 7 nitrogen and oxygen atoms in total. The van der Waals surface area contributed by atoms with Crippen molar-refractivity contribution in [2.45, 2.75) is 44.6 Å². The number of oxazole rings is 1. The molecule has 2 aromatic carbocycles. The Hall–Kier alpha value is -3.39. The number of hydrogen-bond acceptors (Lipinski definition) is 6. The fourth-order valence-electron chi connectivity index (χ4n) is 3.81. The van der Waals surface area contributed by atoms with Crippen molar-refractivity contribution in [1.29, 1.82) is 0 Å². The first kappa shape index (κ1) is 21.5. The molecule has 0 radical (unpaired) electrons. The van der Waals surface area contributed by atoms with Gasteiger partial charge in [-0.05, 0) is 43.5 Å². The Balaban J connectivity index is 1.52. The average Bonchev–Trinajstić information content (AvgIpc) is 3.41. The lowest BCUT2D eigenvalue weighted by Gasteiger charge is -2.12. The minimum absolute atomic E-state index is 0.0254. The molecule has 0 aliphatic rings. The van der Waals surface area contributed by atoms with Gasteiger partial charge in [0.1, 0.15) is 5.76 Å². The van der Waals surface area contributed by atoms with Crippen molar-refractivity contribution in [2.75, 3.05) is 0 Å². The van der Waals surface area contributed by atoms with E-state index in [1.807, 2.05) is 65.9 Å². The first-order valence-corrected chi connectivity index (χ1v) is 12.0. The zero-order chi connectivity index (χ0) is 22.9. The maximum atomic E-state index is 13.2. The molecule has 3 heterocycles. The highest BCUT2D eigenvalue weighted by atomic mass is 32.2. The highest BCUT2D eigenvalue weighted by molar-refractivity contribution is 7.98. The molecule has 168 valence electrons. The molecule has 0 amide bonds. The lowest BCUT2D eigenvalue weighted by Crippen LogP contribution is -2.24. The predicted molar refractivity (Wildman–Crippen MR) is 130 cm³/mol. The smallest absolute Gasteiger partial charge is 0.262 e. The molecule has 5 rings (SSSR count). The molecule has 3 aromatic heterocycles. The van der Waals surface area contributed by atoms with Gasteiger partial charge in [-0.1, -0.05) is 55.9 Å². The third-order valence-electron chi connectivity index (χ3n) is 5.66. The van der Waals surface area contributed by atoms with Gasteiger partial charge in [-0.15, -0.1) is 10.2 Å². The summed E-state index contributed by atoms with van der Waals surface area (Å²) in [5, 5.41) is 10.2. The van der Waals surface area contributed by atoms with Gasteiger partial charge in [0, 0.05) is 17.9 Å². The second kappa shape index (κ2) is 8.86. The molecular weight excluding hydrogens is 434 g/mol. The molecular formula is C25H25N5O2S. The summed E-state index contributed by atoms with van der Waals surface area (Å²) in [6.45, 7) is 6.84. The summed E-state index contributed by atoms with van der Waals surface area (Å²) in [6, 6.07) is 17.5. The Morgan fingerprint density at radius 2 is 1.79 bits per heavy atom. The van der Waals surface area contributed by atoms with Gasteiger partial charge in [0.15, 0.2) is 5.16 Å². The Labute approximate surface area is 195 Å². The molecule has 0 aliphatic heterocycles. The highest BCUT2D eigenvalue weighted by Crippen LogP contribution is 2.28. The van der Waals surface area contributed by atoms with Crippen LogP contribution in [-0.2, 0) is 12.3 Å². The number of aromatic nitrogens is 5. The molecule has 0 fully saturated rings. The zero-order valence-corrected chi connectivity index (χ0v) is 19.7. The standard InChI is InChI=1S/C25H25N5O2S/c1-16(2)13-14-29-23(31)19-11-7-8-12-21(19)30-24(29)27-28-25(30)33-15-20-17(3)32-22(26-20)18-9-5-4-6-10-18/h4-12,16H,13-15H2,1-3H3. The Kier molecular flexibility index (Phi) is 5.76. The van der Waals surface area contributed by atoms with Gasteiger partial charge >= 0.3 is 0 Å². The normalized spacial score (nSPS) is 11.8. The molecule has 0 aliphatic carbocycles. The Morgan fingerprint density at radius 1 is 1.03 bits per heavy atom. The molecule has 0 spiro atoms. The lowest BCUT2D eigenvalue weighted by molar-refractivity contribution is 0.512. The van der Waals surface area contributed by atoms with Crippen molar-refractivity contribution in [3.8, 4) is 11.5 Å². The van der Waals surface area contributed by atoms with Gasteiger partial charge in [0.05, 0.1) is 16.6 Å². The van der Waals surface area contributed by atoms with E-state index in [4.69, 9.17) is 9.40 Å². The van der Waals surface area contributed by atoms with Crippen LogP contribution in [0.25, 0.3) is 28.1 Å². The molecule has 8 heteroatoms. The van der Waals surface area contributed by atoms with E-state index in [-0.39, 0.29) is 5.56 Å². The Bertz CT molecular complexity index is 1480. The third kappa shape index (κ3) is 4.06. The third-order valence-corrected chi connectivity index (χ3v) is 6.60. The lowest BCUT2D eigenvalue weighted by atomic mass is 10.1. The van der Waals surface area contributed by atoms with Crippen molar-refractivity contribution >= 4 is 28.4 Å². The SMILES string of the molecule is Cc1oc(-c2ccccc2)nc1CSc1nnc2n(CCC(C)C)c(=O)c3ccccc3n12. The largest absolute Gasteiger partial charge is 0.441 e. The number of para-hydroxylation sites is 1. The van der Waals surface area contributed by atoms with E-state index in [1.165, 1.54) is 11.8 Å². The molecule has 0 saturated heterocycles. The molecule has 33 heavy (non-hydrogen) atoms. The highest BCUT2D eigenvalue weighted by Gasteiger charge is 2.18. The maximum absolute atomic E-state index is 13.2. The van der Waals surface area contributed by atoms with E-state index in [1.54, 1.807) is 4.57 Å². The number of aryl methyl sites for hydroxylation is 2. The van der Waals surface area contributed by atoms with Crippen molar-refractivity contribution in [2.24, 2.45) is 5.92 Å². The second-order valence-corrected chi connectivity index (χ2v) is 9.39. The maximum Gasteiger partial charge on any atom is 0.262 e. The number of nitrogens with zero attached hydrogens (tertiary/aromatic N) is 5. The number of benzene rings is 2. The van der Waals surface area contributed by atoms with Crippen LogP contribution in [0.3, 0.4) is 0 Å². The quantitative estimate of drug-likeness (QED) is 0.306. The molecule has 0 unspecified atom stereocenters. The van der Waals surface area contributed by atoms with Crippen LogP contribution in [0.4, 0.5) is 0 Å². The fraction of sp³-hybridized carbons (Fsp3) is 0.280. The van der Waals surface area contributed by atoms with Gasteiger partial charge in [-0.25, -0.2) is 4.98 Å². The van der Waals surface area contributed by atoms with E-state index in [0.29, 0.717) is 35.3 Å². The van der Waals surface area contributed by atoms with Crippen molar-refractivity contribution < 1.29 is 4.42 Å². The first-order chi connectivity index (χ1) is 16.0. The number of fused-ring (bicyclic) bond motifs is 3. The van der Waals surface area contributed by atoms with E-state index >= 15 is 0 Å². The van der Waals surface area contributed by atoms with Crippen LogP contribution in [0.5, 0.6) is 0 Å². The van der Waals surface area contributed by atoms with E-state index < -0.39 is 0 Å². The van der Waals surface area contributed by atoms with Crippen LogP contribution in [-0.4, -0.2) is 24.1 Å². The fourth-order valence-corrected chi connectivity index (χ4v) is 4.76. The minimum atomic E-state index is -0.0254. The molecule has 0 atom stereocenters. The van der Waals surface area contributed by atoms with Crippen LogP contribution in [0.15, 0.2) is 69.0 Å². The van der Waals surface area contributed by atoms with Gasteiger partial charge in [0.25, 0.3) is 5.56 Å². The molecule has 0 saturated carbocycles. The Morgan fingerprint density at radius 3 is 2.58 bits per heavy atom. The van der Waals surface area contributed by atoms with Crippen molar-refractivity contribution in [3.63, 3.8) is 0 Å². The summed E-state index contributed by atoms with van der Waals surface area (Å²) in [4.78, 5) is 17.9.